The van der Waals surface area contributed by atoms with E-state index in [9.17, 15) is 9.59 Å². The molecule has 0 N–H and O–H groups in total. The summed E-state index contributed by atoms with van der Waals surface area (Å²) in [4.78, 5) is 35.1. The number of hydrogen-bond donors (Lipinski definition) is 0. The third-order valence-corrected chi connectivity index (χ3v) is 5.40. The van der Waals surface area contributed by atoms with Crippen LogP contribution >= 0.6 is 0 Å². The number of likely N-dealkylation sites (tertiary alicyclic amines) is 2. The van der Waals surface area contributed by atoms with E-state index in [2.05, 4.69) is 9.88 Å². The van der Waals surface area contributed by atoms with Gasteiger partial charge < -0.3 is 14.5 Å². The van der Waals surface area contributed by atoms with Crippen molar-refractivity contribution >= 4 is 11.8 Å². The molecule has 1 aromatic heterocycles. The molecule has 0 saturated carbocycles. The van der Waals surface area contributed by atoms with Crippen LogP contribution in [0.1, 0.15) is 12.0 Å². The van der Waals surface area contributed by atoms with Crippen molar-refractivity contribution in [1.82, 2.24) is 19.7 Å². The van der Waals surface area contributed by atoms with Gasteiger partial charge in [0.15, 0.2) is 0 Å². The van der Waals surface area contributed by atoms with Crippen molar-refractivity contribution in [3.63, 3.8) is 0 Å². The molecule has 1 aromatic rings. The van der Waals surface area contributed by atoms with Crippen molar-refractivity contribution in [2.75, 3.05) is 45.9 Å². The Morgan fingerprint density at radius 2 is 2.04 bits per heavy atom. The smallest absolute Gasteiger partial charge is 0.228 e. The van der Waals surface area contributed by atoms with E-state index in [1.807, 2.05) is 17.0 Å². The predicted octanol–water partition coefficient (Wildman–Crippen LogP) is -0.0269. The van der Waals surface area contributed by atoms with E-state index in [0.717, 1.165) is 45.0 Å². The van der Waals surface area contributed by atoms with Gasteiger partial charge in [0.25, 0.3) is 0 Å². The number of pyridine rings is 1. The molecule has 0 radical (unpaired) electrons. The molecule has 0 aliphatic carbocycles. The lowest BCUT2D eigenvalue weighted by Crippen LogP contribution is -2.63. The third kappa shape index (κ3) is 3.52. The molecular weight excluding hydrogens is 320 g/mol. The van der Waals surface area contributed by atoms with Crippen LogP contribution in [0.15, 0.2) is 24.5 Å². The number of aromatic nitrogens is 1. The Balaban J connectivity index is 1.28. The number of nitrogens with zero attached hydrogens (tertiary/aromatic N) is 4. The second-order valence-corrected chi connectivity index (χ2v) is 7.08. The topological polar surface area (TPSA) is 66.0 Å². The molecular formula is C18H24N4O3. The van der Waals surface area contributed by atoms with Crippen LogP contribution in [0.3, 0.4) is 0 Å². The van der Waals surface area contributed by atoms with Crippen LogP contribution in [0.5, 0.6) is 0 Å². The Morgan fingerprint density at radius 3 is 2.76 bits per heavy atom. The highest BCUT2D eigenvalue weighted by Crippen LogP contribution is 2.25. The first-order chi connectivity index (χ1) is 12.2. The van der Waals surface area contributed by atoms with Gasteiger partial charge in [0.2, 0.25) is 11.8 Å². The van der Waals surface area contributed by atoms with E-state index < -0.39 is 0 Å². The lowest BCUT2D eigenvalue weighted by Gasteiger charge is -2.47. The summed E-state index contributed by atoms with van der Waals surface area (Å²) in [6, 6.07) is 4.28. The Kier molecular flexibility index (Phi) is 4.67. The average Bonchev–Trinajstić information content (AvgIpc) is 2.96. The molecule has 1 unspecified atom stereocenters. The summed E-state index contributed by atoms with van der Waals surface area (Å²) in [7, 11) is 0. The highest BCUT2D eigenvalue weighted by molar-refractivity contribution is 5.89. The van der Waals surface area contributed by atoms with E-state index in [1.165, 1.54) is 0 Å². The van der Waals surface area contributed by atoms with Gasteiger partial charge in [0.05, 0.1) is 19.1 Å². The quantitative estimate of drug-likeness (QED) is 0.768. The number of ether oxygens (including phenoxy) is 1. The van der Waals surface area contributed by atoms with Crippen molar-refractivity contribution < 1.29 is 14.3 Å². The van der Waals surface area contributed by atoms with Gasteiger partial charge in [-0.1, -0.05) is 6.07 Å². The molecule has 7 heteroatoms. The average molecular weight is 344 g/mol. The Hall–Kier alpha value is -1.99. The summed E-state index contributed by atoms with van der Waals surface area (Å²) in [6.45, 7) is 6.09. The molecule has 0 aromatic carbocycles. The highest BCUT2D eigenvalue weighted by atomic mass is 16.5. The van der Waals surface area contributed by atoms with E-state index in [1.54, 1.807) is 17.3 Å². The Labute approximate surface area is 147 Å². The van der Waals surface area contributed by atoms with Crippen LogP contribution in [0, 0.1) is 5.92 Å². The number of carbonyl (C=O) groups is 2. The first-order valence-electron chi connectivity index (χ1n) is 8.98. The predicted molar refractivity (Wildman–Crippen MR) is 90.5 cm³/mol. The zero-order valence-electron chi connectivity index (χ0n) is 14.3. The Bertz CT molecular complexity index is 626. The van der Waals surface area contributed by atoms with Gasteiger partial charge in [-0.2, -0.15) is 0 Å². The zero-order chi connectivity index (χ0) is 17.2. The molecule has 4 heterocycles. The second kappa shape index (κ2) is 7.09. The number of morpholine rings is 1. The molecule has 3 fully saturated rings. The van der Waals surface area contributed by atoms with E-state index in [-0.39, 0.29) is 17.7 Å². The maximum Gasteiger partial charge on any atom is 0.228 e. The fourth-order valence-electron chi connectivity index (χ4n) is 3.87. The number of rotatable bonds is 4. The molecule has 4 rings (SSSR count). The maximum absolute atomic E-state index is 12.7. The van der Waals surface area contributed by atoms with Crippen LogP contribution in [-0.2, 0) is 20.9 Å². The van der Waals surface area contributed by atoms with E-state index >= 15 is 0 Å². The number of amides is 2. The largest absolute Gasteiger partial charge is 0.379 e. The molecule has 3 aliphatic heterocycles. The molecule has 3 aliphatic rings. The fraction of sp³-hybridized carbons (Fsp3) is 0.611. The molecule has 3 saturated heterocycles. The van der Waals surface area contributed by atoms with Crippen molar-refractivity contribution in [2.24, 2.45) is 5.92 Å². The van der Waals surface area contributed by atoms with Gasteiger partial charge in [-0.05, 0) is 11.6 Å². The first-order valence-corrected chi connectivity index (χ1v) is 8.98. The van der Waals surface area contributed by atoms with Crippen LogP contribution in [0.2, 0.25) is 0 Å². The minimum absolute atomic E-state index is 0.0625. The summed E-state index contributed by atoms with van der Waals surface area (Å²) in [6.07, 6.45) is 3.82. The maximum atomic E-state index is 12.7. The minimum Gasteiger partial charge on any atom is -0.379 e. The van der Waals surface area contributed by atoms with E-state index in [4.69, 9.17) is 4.74 Å². The number of carbonyl (C=O) groups excluding carboxylic acids is 2. The molecule has 7 nitrogen and oxygen atoms in total. The highest BCUT2D eigenvalue weighted by Gasteiger charge is 2.41. The summed E-state index contributed by atoms with van der Waals surface area (Å²) in [5.74, 6) is -0.00573. The molecule has 25 heavy (non-hydrogen) atoms. The monoisotopic (exact) mass is 344 g/mol. The Morgan fingerprint density at radius 1 is 1.24 bits per heavy atom. The van der Waals surface area contributed by atoms with E-state index in [0.29, 0.717) is 25.6 Å². The van der Waals surface area contributed by atoms with Crippen molar-refractivity contribution in [2.45, 2.75) is 19.0 Å². The van der Waals surface area contributed by atoms with Crippen molar-refractivity contribution in [3.05, 3.63) is 30.1 Å². The van der Waals surface area contributed by atoms with Crippen molar-refractivity contribution in [3.8, 4) is 0 Å². The lowest BCUT2D eigenvalue weighted by atomic mass is 10.0. The standard InChI is InChI=1S/C18H24N4O3/c23-17-8-15(11-21(17)10-14-2-1-3-19-9-14)18(24)22-12-16(13-22)20-4-6-25-7-5-20/h1-3,9,15-16H,4-8,10-13H2. The van der Waals surface area contributed by atoms with Crippen molar-refractivity contribution in [1.29, 1.82) is 0 Å². The van der Waals surface area contributed by atoms with Crippen LogP contribution in [0.4, 0.5) is 0 Å². The summed E-state index contributed by atoms with van der Waals surface area (Å²) in [5.41, 5.74) is 1.00. The van der Waals surface area contributed by atoms with Crippen LogP contribution < -0.4 is 0 Å². The normalized spacial score (nSPS) is 25.3. The summed E-state index contributed by atoms with van der Waals surface area (Å²) >= 11 is 0. The molecule has 0 bridgehead atoms. The SMILES string of the molecule is O=C1CC(C(=O)N2CC(N3CCOCC3)C2)CN1Cc1cccnc1. The fourth-order valence-corrected chi connectivity index (χ4v) is 3.87. The van der Waals surface area contributed by atoms with Gasteiger partial charge in [0, 0.05) is 64.1 Å². The van der Waals surface area contributed by atoms with Gasteiger partial charge in [0.1, 0.15) is 0 Å². The first kappa shape index (κ1) is 16.5. The molecule has 0 spiro atoms. The second-order valence-electron chi connectivity index (χ2n) is 7.08. The van der Waals surface area contributed by atoms with Gasteiger partial charge >= 0.3 is 0 Å². The van der Waals surface area contributed by atoms with Gasteiger partial charge in [-0.15, -0.1) is 0 Å². The third-order valence-electron chi connectivity index (χ3n) is 5.40. The van der Waals surface area contributed by atoms with Crippen LogP contribution in [-0.4, -0.2) is 83.5 Å². The zero-order valence-corrected chi connectivity index (χ0v) is 14.3. The molecule has 134 valence electrons. The van der Waals surface area contributed by atoms with Gasteiger partial charge in [-0.25, -0.2) is 0 Å². The summed E-state index contributed by atoms with van der Waals surface area (Å²) < 4.78 is 5.38. The van der Waals surface area contributed by atoms with Gasteiger partial charge in [-0.3, -0.25) is 19.5 Å². The molecule has 2 amide bonds. The molecule has 1 atom stereocenters. The summed E-state index contributed by atoms with van der Waals surface area (Å²) in [5, 5.41) is 0. The lowest BCUT2D eigenvalue weighted by molar-refractivity contribution is -0.144. The number of hydrogen-bond acceptors (Lipinski definition) is 5. The van der Waals surface area contributed by atoms with Crippen LogP contribution in [0.25, 0.3) is 0 Å². The minimum atomic E-state index is -0.199.